The Morgan fingerprint density at radius 2 is 1.83 bits per heavy atom. The minimum atomic E-state index is -0.584. The highest BCUT2D eigenvalue weighted by molar-refractivity contribution is 7.98. The van der Waals surface area contributed by atoms with Gasteiger partial charge in [-0.1, -0.05) is 83.9 Å². The number of carbonyl (C=O) groups is 1. The summed E-state index contributed by atoms with van der Waals surface area (Å²) in [7, 11) is 0. The summed E-state index contributed by atoms with van der Waals surface area (Å²) in [5.41, 5.74) is 5.25. The molecule has 1 atom stereocenters. The molecule has 1 N–H and O–H groups in total. The Balaban J connectivity index is 1.33. The summed E-state index contributed by atoms with van der Waals surface area (Å²) in [5, 5.41) is 9.50. The molecular formula is C36H39ClN4O4S. The summed E-state index contributed by atoms with van der Waals surface area (Å²) >= 11 is 7.90. The second-order valence-corrected chi connectivity index (χ2v) is 13.0. The number of aryl methyl sites for hydroxylation is 1. The number of nitrogens with zero attached hydrogens (tertiary/aromatic N) is 3. The molecule has 0 bridgehead atoms. The molecule has 8 nitrogen and oxygen atoms in total. The van der Waals surface area contributed by atoms with E-state index >= 15 is 0 Å². The van der Waals surface area contributed by atoms with Gasteiger partial charge in [0.2, 0.25) is 11.1 Å². The van der Waals surface area contributed by atoms with Crippen LogP contribution in [0.5, 0.6) is 11.5 Å². The minimum absolute atomic E-state index is 0.0857. The van der Waals surface area contributed by atoms with Crippen LogP contribution in [-0.4, -0.2) is 33.4 Å². The smallest absolute Gasteiger partial charge is 0.338 e. The van der Waals surface area contributed by atoms with Gasteiger partial charge in [-0.05, 0) is 81.3 Å². The maximum atomic E-state index is 13.9. The molecule has 0 radical (unpaired) electrons. The largest absolute Gasteiger partial charge is 0.490 e. The quantitative estimate of drug-likeness (QED) is 0.127. The number of hydrogen-bond acceptors (Lipinski definition) is 8. The fourth-order valence-electron chi connectivity index (χ4n) is 5.97. The van der Waals surface area contributed by atoms with Crippen LogP contribution in [0.3, 0.4) is 0 Å². The summed E-state index contributed by atoms with van der Waals surface area (Å²) in [6, 6.07) is 21.2. The van der Waals surface area contributed by atoms with Crippen molar-refractivity contribution < 1.29 is 19.0 Å². The van der Waals surface area contributed by atoms with Gasteiger partial charge in [-0.25, -0.2) is 9.48 Å². The normalized spacial score (nSPS) is 16.5. The van der Waals surface area contributed by atoms with Crippen molar-refractivity contribution in [2.24, 2.45) is 0 Å². The fraction of sp³-hybridized carbons (Fsp3) is 0.361. The molecule has 3 aromatic carbocycles. The number of ether oxygens (including phenoxy) is 3. The summed E-state index contributed by atoms with van der Waals surface area (Å²) in [5.74, 6) is 2.04. The fourth-order valence-corrected chi connectivity index (χ4v) is 7.08. The Bertz CT molecular complexity index is 1730. The number of anilines is 1. The number of rotatable bonds is 11. The zero-order chi connectivity index (χ0) is 32.0. The van der Waals surface area contributed by atoms with Gasteiger partial charge in [-0.15, -0.1) is 5.10 Å². The van der Waals surface area contributed by atoms with Gasteiger partial charge >= 0.3 is 5.97 Å². The van der Waals surface area contributed by atoms with E-state index in [0.29, 0.717) is 57.9 Å². The van der Waals surface area contributed by atoms with E-state index in [2.05, 4.69) is 24.4 Å². The number of halogens is 1. The topological polar surface area (TPSA) is 87.5 Å². The van der Waals surface area contributed by atoms with Crippen molar-refractivity contribution in [1.29, 1.82) is 0 Å². The molecular weight excluding hydrogens is 620 g/mol. The highest BCUT2D eigenvalue weighted by atomic mass is 35.5. The van der Waals surface area contributed by atoms with Crippen LogP contribution in [0.1, 0.15) is 74.2 Å². The van der Waals surface area contributed by atoms with Crippen molar-refractivity contribution in [2.45, 2.75) is 82.5 Å². The molecule has 0 amide bonds. The van der Waals surface area contributed by atoms with E-state index in [9.17, 15) is 4.79 Å². The Morgan fingerprint density at radius 3 is 2.61 bits per heavy atom. The molecule has 1 aliphatic carbocycles. The van der Waals surface area contributed by atoms with Gasteiger partial charge in [0, 0.05) is 16.5 Å². The van der Waals surface area contributed by atoms with Crippen molar-refractivity contribution in [3.63, 3.8) is 0 Å². The first-order valence-electron chi connectivity index (χ1n) is 15.9. The summed E-state index contributed by atoms with van der Waals surface area (Å²) in [6.07, 6.45) is 4.99. The van der Waals surface area contributed by atoms with E-state index in [-0.39, 0.29) is 12.1 Å². The monoisotopic (exact) mass is 658 g/mol. The van der Waals surface area contributed by atoms with E-state index in [0.717, 1.165) is 42.4 Å². The number of hydrogen-bond donors (Lipinski definition) is 1. The molecule has 1 fully saturated rings. The molecule has 2 heterocycles. The molecule has 240 valence electrons. The lowest BCUT2D eigenvalue weighted by atomic mass is 9.94. The predicted molar refractivity (Wildman–Crippen MR) is 182 cm³/mol. The average molecular weight is 659 g/mol. The Labute approximate surface area is 279 Å². The second kappa shape index (κ2) is 14.6. The molecule has 0 spiro atoms. The Kier molecular flexibility index (Phi) is 10.2. The van der Waals surface area contributed by atoms with Crippen LogP contribution < -0.4 is 14.8 Å². The molecule has 0 saturated heterocycles. The summed E-state index contributed by atoms with van der Waals surface area (Å²) in [4.78, 5) is 18.7. The van der Waals surface area contributed by atoms with Crippen LogP contribution in [0.25, 0.3) is 0 Å². The van der Waals surface area contributed by atoms with Crippen molar-refractivity contribution in [3.05, 3.63) is 105 Å². The Morgan fingerprint density at radius 1 is 1.00 bits per heavy atom. The number of fused-ring (bicyclic) bond motifs is 1. The lowest BCUT2D eigenvalue weighted by molar-refractivity contribution is -0.146. The minimum Gasteiger partial charge on any atom is -0.490 e. The van der Waals surface area contributed by atoms with Crippen LogP contribution in [0.4, 0.5) is 5.95 Å². The third-order valence-corrected chi connectivity index (χ3v) is 9.51. The van der Waals surface area contributed by atoms with Crippen LogP contribution in [0, 0.1) is 6.92 Å². The van der Waals surface area contributed by atoms with E-state index < -0.39 is 6.04 Å². The molecule has 1 unspecified atom stereocenters. The molecule has 1 aliphatic heterocycles. The van der Waals surface area contributed by atoms with Crippen molar-refractivity contribution in [3.8, 4) is 11.5 Å². The molecule has 4 aromatic rings. The van der Waals surface area contributed by atoms with E-state index in [1.807, 2.05) is 68.4 Å². The molecule has 1 aromatic heterocycles. The van der Waals surface area contributed by atoms with Crippen molar-refractivity contribution in [1.82, 2.24) is 14.8 Å². The first-order valence-corrected chi connectivity index (χ1v) is 17.2. The third-order valence-electron chi connectivity index (χ3n) is 8.25. The number of nitrogens with one attached hydrogen (secondary N) is 1. The molecule has 46 heavy (non-hydrogen) atoms. The molecule has 2 aliphatic rings. The van der Waals surface area contributed by atoms with E-state index in [4.69, 9.17) is 35.9 Å². The maximum Gasteiger partial charge on any atom is 0.338 e. The molecule has 1 saturated carbocycles. The van der Waals surface area contributed by atoms with Crippen LogP contribution in [0.15, 0.2) is 83.2 Å². The van der Waals surface area contributed by atoms with Gasteiger partial charge in [0.1, 0.15) is 18.8 Å². The van der Waals surface area contributed by atoms with Crippen molar-refractivity contribution in [2.75, 3.05) is 11.9 Å². The lowest BCUT2D eigenvalue weighted by Gasteiger charge is -2.30. The highest BCUT2D eigenvalue weighted by Gasteiger charge is 2.37. The highest BCUT2D eigenvalue weighted by Crippen LogP contribution is 2.41. The molecule has 6 rings (SSSR count). The van der Waals surface area contributed by atoms with Gasteiger partial charge in [0.15, 0.2) is 11.5 Å². The van der Waals surface area contributed by atoms with E-state index in [1.54, 1.807) is 4.68 Å². The third kappa shape index (κ3) is 7.37. The zero-order valence-corrected chi connectivity index (χ0v) is 28.0. The van der Waals surface area contributed by atoms with E-state index in [1.165, 1.54) is 23.7 Å². The van der Waals surface area contributed by atoms with Gasteiger partial charge < -0.3 is 19.5 Å². The van der Waals surface area contributed by atoms with Gasteiger partial charge in [-0.2, -0.15) is 4.98 Å². The van der Waals surface area contributed by atoms with Gasteiger partial charge in [-0.3, -0.25) is 0 Å². The number of carbonyl (C=O) groups excluding carboxylic acids is 1. The van der Waals surface area contributed by atoms with Crippen LogP contribution in [0.2, 0.25) is 5.02 Å². The van der Waals surface area contributed by atoms with Gasteiger partial charge in [0.25, 0.3) is 0 Å². The maximum absolute atomic E-state index is 13.9. The Hall–Kier alpha value is -3.95. The average Bonchev–Trinajstić information content (AvgIpc) is 3.46. The summed E-state index contributed by atoms with van der Waals surface area (Å²) in [6.45, 7) is 6.76. The second-order valence-electron chi connectivity index (χ2n) is 11.7. The SMILES string of the molecule is CCOc1cc(C2C(C(=O)OC3CCCCC3)=C(C)Nc3nc(SCc4ccccc4Cl)nn32)ccc1OCc1cccc(C)c1. The first kappa shape index (κ1) is 32.0. The predicted octanol–water partition coefficient (Wildman–Crippen LogP) is 8.67. The number of esters is 1. The summed E-state index contributed by atoms with van der Waals surface area (Å²) < 4.78 is 20.2. The first-order chi connectivity index (χ1) is 22.4. The zero-order valence-electron chi connectivity index (χ0n) is 26.4. The number of benzene rings is 3. The van der Waals surface area contributed by atoms with Crippen LogP contribution >= 0.6 is 23.4 Å². The number of aromatic nitrogens is 3. The lowest BCUT2D eigenvalue weighted by Crippen LogP contribution is -2.32. The number of allylic oxidation sites excluding steroid dienone is 1. The standard InChI is InChI=1S/C36H39ClN4O4S/c1-4-43-31-20-26(17-18-30(31)44-21-25-12-10-11-23(2)19-25)33-32(34(42)45-28-14-6-5-7-15-28)24(3)38-35-39-36(40-41(33)35)46-22-27-13-8-9-16-29(27)37/h8-13,16-20,28,33H,4-7,14-15,21-22H2,1-3H3,(H,38,39,40). The van der Waals surface area contributed by atoms with Crippen LogP contribution in [-0.2, 0) is 21.9 Å². The molecule has 10 heteroatoms. The number of thioether (sulfide) groups is 1. The van der Waals surface area contributed by atoms with Crippen molar-refractivity contribution >= 4 is 35.3 Å². The van der Waals surface area contributed by atoms with Gasteiger partial charge in [0.05, 0.1) is 12.2 Å².